The van der Waals surface area contributed by atoms with E-state index in [1.54, 1.807) is 12.4 Å². The minimum Gasteiger partial charge on any atom is -0.479 e. The van der Waals surface area contributed by atoms with Crippen LogP contribution in [0.2, 0.25) is 0 Å². The standard InChI is InChI=1S/C15H18N4O.C4H6O6/c20-15(14-10-19-5-1-2-12(19)8-16-14)17-13-9-18-6-3-11(13)4-7-18;5-1(3(7)8)2(6)4(9)10/h1-2,5,8,10-11,13H,3-4,6-7,9H2,(H,17,20);1-2,5-6H,(H,7,8)(H,9,10)/t13-;/m0./s1. The molecule has 2 bridgehead atoms. The van der Waals surface area contributed by atoms with Crippen LogP contribution in [0.25, 0.3) is 5.52 Å². The van der Waals surface area contributed by atoms with Gasteiger partial charge in [0, 0.05) is 25.0 Å². The lowest BCUT2D eigenvalue weighted by atomic mass is 9.84. The van der Waals surface area contributed by atoms with Gasteiger partial charge in [-0.05, 0) is 44.0 Å². The molecule has 162 valence electrons. The number of rotatable bonds is 5. The van der Waals surface area contributed by atoms with E-state index in [1.807, 2.05) is 22.7 Å². The number of fused-ring (bicyclic) bond motifs is 4. The van der Waals surface area contributed by atoms with Crippen molar-refractivity contribution >= 4 is 23.4 Å². The van der Waals surface area contributed by atoms with Gasteiger partial charge in [0.15, 0.2) is 12.2 Å². The van der Waals surface area contributed by atoms with Crippen LogP contribution in [0.3, 0.4) is 0 Å². The molecule has 3 aliphatic rings. The normalized spacial score (nSPS) is 24.4. The average molecular weight is 420 g/mol. The molecule has 0 radical (unpaired) electrons. The molecule has 2 unspecified atom stereocenters. The fourth-order valence-electron chi connectivity index (χ4n) is 3.69. The number of carbonyl (C=O) groups is 3. The molecule has 3 saturated heterocycles. The van der Waals surface area contributed by atoms with Gasteiger partial charge < -0.3 is 35.0 Å². The van der Waals surface area contributed by atoms with Crippen molar-refractivity contribution in [3.05, 3.63) is 36.4 Å². The largest absolute Gasteiger partial charge is 0.479 e. The van der Waals surface area contributed by atoms with E-state index < -0.39 is 24.1 Å². The third-order valence-electron chi connectivity index (χ3n) is 5.42. The van der Waals surface area contributed by atoms with E-state index in [2.05, 4.69) is 15.2 Å². The van der Waals surface area contributed by atoms with Crippen molar-refractivity contribution in [3.8, 4) is 0 Å². The van der Waals surface area contributed by atoms with Gasteiger partial charge in [0.1, 0.15) is 5.69 Å². The molecule has 1 amide bonds. The van der Waals surface area contributed by atoms with E-state index in [0.29, 0.717) is 11.6 Å². The van der Waals surface area contributed by atoms with Gasteiger partial charge in [0.2, 0.25) is 0 Å². The highest BCUT2D eigenvalue weighted by Crippen LogP contribution is 2.27. The Morgan fingerprint density at radius 2 is 1.73 bits per heavy atom. The Bertz CT molecular complexity index is 904. The molecule has 2 aromatic rings. The van der Waals surface area contributed by atoms with Crippen LogP contribution in [0, 0.1) is 5.92 Å². The first-order valence-electron chi connectivity index (χ1n) is 9.54. The summed E-state index contributed by atoms with van der Waals surface area (Å²) in [6, 6.07) is 4.21. The molecular formula is C19H24N4O7. The predicted molar refractivity (Wildman–Crippen MR) is 103 cm³/mol. The van der Waals surface area contributed by atoms with Gasteiger partial charge in [0.25, 0.3) is 5.91 Å². The lowest BCUT2D eigenvalue weighted by Crippen LogP contribution is -2.57. The molecule has 2 aromatic heterocycles. The van der Waals surface area contributed by atoms with Crippen molar-refractivity contribution in [2.45, 2.75) is 31.1 Å². The van der Waals surface area contributed by atoms with E-state index >= 15 is 0 Å². The lowest BCUT2D eigenvalue weighted by molar-refractivity contribution is -0.165. The van der Waals surface area contributed by atoms with Crippen LogP contribution in [0.1, 0.15) is 23.3 Å². The molecule has 30 heavy (non-hydrogen) atoms. The SMILES string of the molecule is O=C(N[C@H]1CN2CCC1CC2)c1cn2cccc2cn1.O=C(O)C(O)C(O)C(=O)O. The first kappa shape index (κ1) is 21.7. The number of piperidine rings is 3. The van der Waals surface area contributed by atoms with Crippen LogP contribution in [0.5, 0.6) is 0 Å². The number of carboxylic acid groups (broad SMARTS) is 2. The molecule has 5 rings (SSSR count). The zero-order valence-corrected chi connectivity index (χ0v) is 16.1. The average Bonchev–Trinajstić information content (AvgIpc) is 3.21. The number of carbonyl (C=O) groups excluding carboxylic acids is 1. The molecule has 5 heterocycles. The van der Waals surface area contributed by atoms with E-state index in [-0.39, 0.29) is 11.9 Å². The summed E-state index contributed by atoms with van der Waals surface area (Å²) in [6.07, 6.45) is 3.35. The van der Waals surface area contributed by atoms with Gasteiger partial charge in [0.05, 0.1) is 11.7 Å². The minimum absolute atomic E-state index is 0.0562. The summed E-state index contributed by atoms with van der Waals surface area (Å²) in [4.78, 5) is 38.6. The monoisotopic (exact) mass is 420 g/mol. The molecular weight excluding hydrogens is 396 g/mol. The van der Waals surface area contributed by atoms with Crippen LogP contribution < -0.4 is 5.32 Å². The Balaban J connectivity index is 0.000000220. The third-order valence-corrected chi connectivity index (χ3v) is 5.42. The van der Waals surface area contributed by atoms with Crippen molar-refractivity contribution in [2.24, 2.45) is 5.92 Å². The topological polar surface area (TPSA) is 165 Å². The summed E-state index contributed by atoms with van der Waals surface area (Å²) < 4.78 is 1.93. The van der Waals surface area contributed by atoms with Crippen molar-refractivity contribution in [1.82, 2.24) is 19.6 Å². The highest BCUT2D eigenvalue weighted by molar-refractivity contribution is 5.92. The maximum absolute atomic E-state index is 12.3. The number of aliphatic hydroxyl groups is 2. The number of nitrogens with zero attached hydrogens (tertiary/aromatic N) is 3. The van der Waals surface area contributed by atoms with Crippen molar-refractivity contribution < 1.29 is 34.8 Å². The first-order valence-corrected chi connectivity index (χ1v) is 9.54. The van der Waals surface area contributed by atoms with E-state index in [4.69, 9.17) is 20.4 Å². The molecule has 0 saturated carbocycles. The zero-order valence-electron chi connectivity index (χ0n) is 16.1. The Kier molecular flexibility index (Phi) is 6.65. The summed E-state index contributed by atoms with van der Waals surface area (Å²) in [5.74, 6) is -2.96. The minimum atomic E-state index is -2.27. The smallest absolute Gasteiger partial charge is 0.335 e. The van der Waals surface area contributed by atoms with Crippen molar-refractivity contribution in [1.29, 1.82) is 0 Å². The summed E-state index contributed by atoms with van der Waals surface area (Å²) >= 11 is 0. The van der Waals surface area contributed by atoms with Gasteiger partial charge in [-0.3, -0.25) is 4.79 Å². The maximum Gasteiger partial charge on any atom is 0.335 e. The molecule has 3 atom stereocenters. The number of aromatic nitrogens is 2. The molecule has 5 N–H and O–H groups in total. The van der Waals surface area contributed by atoms with Crippen LogP contribution >= 0.6 is 0 Å². The number of aliphatic hydroxyl groups excluding tert-OH is 2. The maximum atomic E-state index is 12.3. The first-order chi connectivity index (χ1) is 14.3. The Hall–Kier alpha value is -3.02. The van der Waals surface area contributed by atoms with Crippen molar-refractivity contribution in [2.75, 3.05) is 19.6 Å². The van der Waals surface area contributed by atoms with Gasteiger partial charge in [-0.2, -0.15) is 0 Å². The molecule has 0 spiro atoms. The Morgan fingerprint density at radius 1 is 1.10 bits per heavy atom. The number of hydrogen-bond acceptors (Lipinski definition) is 7. The second-order valence-corrected chi connectivity index (χ2v) is 7.40. The molecule has 3 aliphatic heterocycles. The summed E-state index contributed by atoms with van der Waals surface area (Å²) in [5, 5.41) is 35.7. The number of nitrogens with one attached hydrogen (secondary N) is 1. The Labute approximate surface area is 171 Å². The third kappa shape index (κ3) is 4.93. The van der Waals surface area contributed by atoms with E-state index in [0.717, 1.165) is 12.1 Å². The number of hydrogen-bond donors (Lipinski definition) is 5. The van der Waals surface area contributed by atoms with Crippen LogP contribution in [0.15, 0.2) is 30.7 Å². The lowest BCUT2D eigenvalue weighted by Gasteiger charge is -2.44. The van der Waals surface area contributed by atoms with E-state index in [1.165, 1.54) is 25.9 Å². The highest BCUT2D eigenvalue weighted by Gasteiger charge is 2.35. The number of amides is 1. The quantitative estimate of drug-likeness (QED) is 0.409. The van der Waals surface area contributed by atoms with Gasteiger partial charge >= 0.3 is 11.9 Å². The molecule has 3 fully saturated rings. The molecule has 0 aromatic carbocycles. The summed E-state index contributed by atoms with van der Waals surface area (Å²) in [7, 11) is 0. The van der Waals surface area contributed by atoms with Gasteiger partial charge in [-0.15, -0.1) is 0 Å². The fraction of sp³-hybridized carbons (Fsp3) is 0.474. The van der Waals surface area contributed by atoms with E-state index in [9.17, 15) is 14.4 Å². The molecule has 11 nitrogen and oxygen atoms in total. The second-order valence-electron chi connectivity index (χ2n) is 7.40. The molecule has 11 heteroatoms. The zero-order chi connectivity index (χ0) is 21.8. The van der Waals surface area contributed by atoms with Gasteiger partial charge in [-0.25, -0.2) is 14.6 Å². The highest BCUT2D eigenvalue weighted by atomic mass is 16.4. The fourth-order valence-corrected chi connectivity index (χ4v) is 3.69. The number of aliphatic carboxylic acids is 2. The van der Waals surface area contributed by atoms with Crippen LogP contribution in [0.4, 0.5) is 0 Å². The van der Waals surface area contributed by atoms with Crippen LogP contribution in [-0.2, 0) is 9.59 Å². The summed E-state index contributed by atoms with van der Waals surface area (Å²) in [6.45, 7) is 3.36. The van der Waals surface area contributed by atoms with Crippen molar-refractivity contribution in [3.63, 3.8) is 0 Å². The van der Waals surface area contributed by atoms with Gasteiger partial charge in [-0.1, -0.05) is 0 Å². The second kappa shape index (κ2) is 9.20. The Morgan fingerprint density at radius 3 is 2.27 bits per heavy atom. The summed E-state index contributed by atoms with van der Waals surface area (Å²) in [5.41, 5.74) is 1.49. The number of carboxylic acids is 2. The molecule has 0 aliphatic carbocycles. The predicted octanol–water partition coefficient (Wildman–Crippen LogP) is -0.964. The van der Waals surface area contributed by atoms with Crippen LogP contribution in [-0.4, -0.2) is 90.4 Å².